The van der Waals surface area contributed by atoms with Crippen LogP contribution in [0, 0.1) is 22.7 Å². The van der Waals surface area contributed by atoms with Crippen LogP contribution in [0.15, 0.2) is 0 Å². The third-order valence-corrected chi connectivity index (χ3v) is 8.10. The second-order valence-electron chi connectivity index (χ2n) is 7.70. The van der Waals surface area contributed by atoms with Gasteiger partial charge in [0.05, 0.1) is 38.3 Å². The van der Waals surface area contributed by atoms with Crippen molar-refractivity contribution in [3.8, 4) is 12.1 Å². The zero-order valence-electron chi connectivity index (χ0n) is 16.5. The zero-order valence-corrected chi connectivity index (χ0v) is 18.1. The van der Waals surface area contributed by atoms with E-state index in [1.54, 1.807) is 8.61 Å². The van der Waals surface area contributed by atoms with Crippen molar-refractivity contribution >= 4 is 30.3 Å². The molecule has 1 saturated heterocycles. The Morgan fingerprint density at radius 2 is 1.18 bits per heavy atom. The van der Waals surface area contributed by atoms with Crippen molar-refractivity contribution in [1.82, 2.24) is 17.2 Å². The average molecular weight is 423 g/mol. The van der Waals surface area contributed by atoms with Crippen LogP contribution >= 0.6 is 24.3 Å². The van der Waals surface area contributed by atoms with Crippen LogP contribution in [-0.2, 0) is 0 Å². The van der Waals surface area contributed by atoms with E-state index in [4.69, 9.17) is 0 Å². The van der Waals surface area contributed by atoms with Crippen molar-refractivity contribution in [2.75, 3.05) is 26.2 Å². The van der Waals surface area contributed by atoms with Gasteiger partial charge in [-0.2, -0.15) is 10.5 Å². The second kappa shape index (κ2) is 11.2. The number of amides is 2. The van der Waals surface area contributed by atoms with Gasteiger partial charge in [0.15, 0.2) is 0 Å². The van der Waals surface area contributed by atoms with E-state index in [1.165, 1.54) is 62.8 Å². The van der Waals surface area contributed by atoms with Gasteiger partial charge < -0.3 is 0 Å². The molecule has 2 aliphatic carbocycles. The van der Waals surface area contributed by atoms with E-state index in [2.05, 4.69) is 20.7 Å². The highest BCUT2D eigenvalue weighted by Crippen LogP contribution is 2.35. The van der Waals surface area contributed by atoms with Crippen molar-refractivity contribution in [3.63, 3.8) is 0 Å². The first-order valence-corrected chi connectivity index (χ1v) is 11.9. The first kappa shape index (κ1) is 21.6. The summed E-state index contributed by atoms with van der Waals surface area (Å²) in [6.07, 6.45) is 11.8. The molecule has 0 bridgehead atoms. The number of nitrogens with zero attached hydrogens (tertiary/aromatic N) is 6. The number of carbonyl (C=O) groups excluding carboxylic acids is 1. The lowest BCUT2D eigenvalue weighted by molar-refractivity contribution is 0.223. The van der Waals surface area contributed by atoms with Gasteiger partial charge >= 0.3 is 6.03 Å². The molecule has 0 atom stereocenters. The first-order valence-electron chi connectivity index (χ1n) is 10.5. The van der Waals surface area contributed by atoms with Crippen LogP contribution in [-0.4, -0.2) is 61.5 Å². The van der Waals surface area contributed by atoms with Gasteiger partial charge in [-0.15, -0.1) is 0 Å². The Morgan fingerprint density at radius 3 is 1.54 bits per heavy atom. The zero-order chi connectivity index (χ0) is 19.8. The minimum absolute atomic E-state index is 0.0208. The summed E-state index contributed by atoms with van der Waals surface area (Å²) in [4.78, 5) is 12.9. The van der Waals surface area contributed by atoms with Gasteiger partial charge in [0.1, 0.15) is 0 Å². The molecule has 7 nitrogen and oxygen atoms in total. The molecular formula is C19H30N6OS2. The standard InChI is InChI=1S/C19H30N6OS2/c20-11-13-22(17-7-3-1-4-8-17)27-24-15-16-25(19(24)26)28-23(14-12-21)18-9-5-2-6-10-18/h17-18H,1-10,13-16H2. The van der Waals surface area contributed by atoms with Gasteiger partial charge in [-0.3, -0.25) is 8.61 Å². The Kier molecular flexibility index (Phi) is 8.60. The molecule has 0 aromatic rings. The first-order chi connectivity index (χ1) is 13.7. The maximum atomic E-state index is 12.9. The van der Waals surface area contributed by atoms with E-state index >= 15 is 0 Å². The Labute approximate surface area is 177 Å². The Bertz CT molecular complexity index is 544. The van der Waals surface area contributed by atoms with Crippen molar-refractivity contribution in [2.45, 2.75) is 76.3 Å². The maximum absolute atomic E-state index is 12.9. The molecule has 3 rings (SSSR count). The summed E-state index contributed by atoms with van der Waals surface area (Å²) in [5.41, 5.74) is 0. The lowest BCUT2D eigenvalue weighted by Crippen LogP contribution is -2.38. The third-order valence-electron chi connectivity index (χ3n) is 5.76. The van der Waals surface area contributed by atoms with Crippen molar-refractivity contribution < 1.29 is 4.79 Å². The summed E-state index contributed by atoms with van der Waals surface area (Å²) < 4.78 is 7.76. The van der Waals surface area contributed by atoms with Crippen molar-refractivity contribution in [3.05, 3.63) is 0 Å². The summed E-state index contributed by atoms with van der Waals surface area (Å²) in [5.74, 6) is 0. The molecule has 3 fully saturated rings. The quantitative estimate of drug-likeness (QED) is 0.429. The minimum Gasteiger partial charge on any atom is -0.252 e. The number of rotatable bonds is 8. The lowest BCUT2D eigenvalue weighted by atomic mass is 9.95. The van der Waals surface area contributed by atoms with Crippen LogP contribution in [0.25, 0.3) is 0 Å². The highest BCUT2D eigenvalue weighted by atomic mass is 32.2. The number of hydrogen-bond acceptors (Lipinski definition) is 7. The lowest BCUT2D eigenvalue weighted by Gasteiger charge is -2.34. The average Bonchev–Trinajstić information content (AvgIpc) is 3.08. The Balaban J connectivity index is 1.56. The van der Waals surface area contributed by atoms with Crippen LogP contribution in [0.2, 0.25) is 0 Å². The van der Waals surface area contributed by atoms with Gasteiger partial charge in [0.2, 0.25) is 0 Å². The molecule has 0 N–H and O–H groups in total. The van der Waals surface area contributed by atoms with Gasteiger partial charge in [-0.1, -0.05) is 38.5 Å². The summed E-state index contributed by atoms with van der Waals surface area (Å²) in [5, 5.41) is 18.4. The molecule has 0 aromatic carbocycles. The van der Waals surface area contributed by atoms with Gasteiger partial charge in [0.25, 0.3) is 0 Å². The number of hydrogen-bond donors (Lipinski definition) is 0. The van der Waals surface area contributed by atoms with Crippen LogP contribution in [0.3, 0.4) is 0 Å². The topological polar surface area (TPSA) is 77.6 Å². The fourth-order valence-electron chi connectivity index (χ4n) is 4.23. The third kappa shape index (κ3) is 5.70. The van der Waals surface area contributed by atoms with Crippen molar-refractivity contribution in [1.29, 1.82) is 10.5 Å². The van der Waals surface area contributed by atoms with Gasteiger partial charge in [0, 0.05) is 36.4 Å². The summed E-state index contributed by atoms with van der Waals surface area (Å²) in [6, 6.07) is 5.26. The van der Waals surface area contributed by atoms with E-state index in [9.17, 15) is 15.3 Å². The van der Waals surface area contributed by atoms with Crippen LogP contribution in [0.5, 0.6) is 0 Å². The highest BCUT2D eigenvalue weighted by Gasteiger charge is 2.36. The van der Waals surface area contributed by atoms with E-state index in [1.807, 2.05) is 0 Å². The minimum atomic E-state index is -0.0208. The molecule has 154 valence electrons. The number of carbonyl (C=O) groups is 1. The van der Waals surface area contributed by atoms with Gasteiger partial charge in [-0.05, 0) is 25.7 Å². The summed E-state index contributed by atoms with van der Waals surface area (Å²) in [7, 11) is 0. The van der Waals surface area contributed by atoms with Crippen LogP contribution in [0.1, 0.15) is 64.2 Å². The SMILES string of the molecule is N#CCN(SN1CCN(SN(CC#N)C2CCCCC2)C1=O)C1CCCCC1. The molecule has 28 heavy (non-hydrogen) atoms. The smallest absolute Gasteiger partial charge is 0.252 e. The fraction of sp³-hybridized carbons (Fsp3) is 0.842. The predicted molar refractivity (Wildman–Crippen MR) is 112 cm³/mol. The molecule has 0 radical (unpaired) electrons. The normalized spacial score (nSPS) is 22.1. The molecule has 2 amide bonds. The maximum Gasteiger partial charge on any atom is 0.342 e. The molecule has 0 spiro atoms. The predicted octanol–water partition coefficient (Wildman–Crippen LogP) is 4.17. The second-order valence-corrected chi connectivity index (χ2v) is 9.85. The van der Waals surface area contributed by atoms with Crippen LogP contribution < -0.4 is 0 Å². The molecule has 2 saturated carbocycles. The molecule has 9 heteroatoms. The molecule has 0 unspecified atom stereocenters. The molecule has 0 aromatic heterocycles. The Morgan fingerprint density at radius 1 is 0.786 bits per heavy atom. The van der Waals surface area contributed by atoms with E-state index < -0.39 is 0 Å². The number of urea groups is 1. The highest BCUT2D eigenvalue weighted by molar-refractivity contribution is 7.96. The van der Waals surface area contributed by atoms with E-state index in [0.717, 1.165) is 25.7 Å². The molecule has 1 heterocycles. The largest absolute Gasteiger partial charge is 0.342 e. The summed E-state index contributed by atoms with van der Waals surface area (Å²) >= 11 is 2.85. The molecular weight excluding hydrogens is 392 g/mol. The van der Waals surface area contributed by atoms with Crippen LogP contribution in [0.4, 0.5) is 4.79 Å². The van der Waals surface area contributed by atoms with E-state index in [-0.39, 0.29) is 6.03 Å². The molecule has 3 aliphatic rings. The number of nitriles is 2. The molecule has 1 aliphatic heterocycles. The van der Waals surface area contributed by atoms with Crippen molar-refractivity contribution in [2.24, 2.45) is 0 Å². The Hall–Kier alpha value is -1.13. The van der Waals surface area contributed by atoms with Gasteiger partial charge in [-0.25, -0.2) is 13.4 Å². The van der Waals surface area contributed by atoms with E-state index in [0.29, 0.717) is 38.3 Å². The monoisotopic (exact) mass is 422 g/mol. The fourth-order valence-corrected chi connectivity index (χ4v) is 6.37. The summed E-state index contributed by atoms with van der Waals surface area (Å²) in [6.45, 7) is 1.98.